The van der Waals surface area contributed by atoms with E-state index in [1.54, 1.807) is 0 Å². The van der Waals surface area contributed by atoms with E-state index < -0.39 is 0 Å². The minimum atomic E-state index is 0.609. The summed E-state index contributed by atoms with van der Waals surface area (Å²) in [5.74, 6) is 1.84. The second-order valence-corrected chi connectivity index (χ2v) is 15.5. The molecule has 0 aliphatic carbocycles. The summed E-state index contributed by atoms with van der Waals surface area (Å²) in [5, 5.41) is 3.44. The standard InChI is InChI=1S/C58H38N4/c1-5-16-39(17-6-1)44-24-13-27-48(34-44)56-60-57(49-28-14-25-45(35-49)40-18-7-2-8-19-40)62-58(61-56)50-29-15-26-46(36-50)47-31-30-42-32-33-53-55(51(42)37-47)52(41-20-9-3-10-21-41)38-54(59-53)43-22-11-4-12-23-43/h1-38H. The molecule has 2 heterocycles. The van der Waals surface area contributed by atoms with Crippen molar-refractivity contribution in [3.63, 3.8) is 0 Å². The third kappa shape index (κ3) is 7.20. The molecule has 2 aromatic heterocycles. The van der Waals surface area contributed by atoms with Gasteiger partial charge in [-0.25, -0.2) is 19.9 Å². The summed E-state index contributed by atoms with van der Waals surface area (Å²) in [6.07, 6.45) is 0. The van der Waals surface area contributed by atoms with Crippen LogP contribution in [0.3, 0.4) is 0 Å². The summed E-state index contributed by atoms with van der Waals surface area (Å²) in [6.45, 7) is 0. The topological polar surface area (TPSA) is 51.6 Å². The Morgan fingerprint density at radius 3 is 1.13 bits per heavy atom. The molecule has 0 saturated heterocycles. The predicted octanol–water partition coefficient (Wildman–Crippen LogP) is 14.9. The van der Waals surface area contributed by atoms with Crippen LogP contribution in [0.25, 0.3) is 112 Å². The Labute approximate surface area is 360 Å². The third-order valence-corrected chi connectivity index (χ3v) is 11.5. The number of rotatable bonds is 8. The molecule has 0 N–H and O–H groups in total. The highest BCUT2D eigenvalue weighted by molar-refractivity contribution is 6.14. The van der Waals surface area contributed by atoms with Crippen molar-refractivity contribution in [2.45, 2.75) is 0 Å². The lowest BCUT2D eigenvalue weighted by Crippen LogP contribution is -2.00. The van der Waals surface area contributed by atoms with Gasteiger partial charge in [-0.2, -0.15) is 0 Å². The van der Waals surface area contributed by atoms with E-state index in [0.29, 0.717) is 17.5 Å². The Morgan fingerprint density at radius 2 is 0.629 bits per heavy atom. The number of hydrogen-bond acceptors (Lipinski definition) is 4. The average molecular weight is 791 g/mol. The number of fused-ring (bicyclic) bond motifs is 3. The fourth-order valence-electron chi connectivity index (χ4n) is 8.38. The fourth-order valence-corrected chi connectivity index (χ4v) is 8.38. The normalized spacial score (nSPS) is 11.2. The van der Waals surface area contributed by atoms with Crippen molar-refractivity contribution >= 4 is 21.7 Å². The molecule has 0 radical (unpaired) electrons. The number of nitrogens with zero attached hydrogens (tertiary/aromatic N) is 4. The number of benzene rings is 9. The maximum atomic E-state index is 5.23. The van der Waals surface area contributed by atoms with Crippen LogP contribution in [0.15, 0.2) is 231 Å². The molecule has 0 unspecified atom stereocenters. The Hall–Kier alpha value is -8.34. The van der Waals surface area contributed by atoms with Crippen LogP contribution in [-0.4, -0.2) is 19.9 Å². The molecule has 0 spiro atoms. The van der Waals surface area contributed by atoms with Gasteiger partial charge in [0.25, 0.3) is 0 Å². The Bertz CT molecular complexity index is 3280. The van der Waals surface area contributed by atoms with Crippen LogP contribution in [0.5, 0.6) is 0 Å². The summed E-state index contributed by atoms with van der Waals surface area (Å²) in [5.41, 5.74) is 14.7. The monoisotopic (exact) mass is 790 g/mol. The van der Waals surface area contributed by atoms with E-state index in [1.807, 2.05) is 18.2 Å². The average Bonchev–Trinajstić information content (AvgIpc) is 3.37. The van der Waals surface area contributed by atoms with Crippen molar-refractivity contribution in [3.05, 3.63) is 231 Å². The quantitative estimate of drug-likeness (QED) is 0.144. The van der Waals surface area contributed by atoms with Crippen LogP contribution in [0.1, 0.15) is 0 Å². The summed E-state index contributed by atoms with van der Waals surface area (Å²) in [4.78, 5) is 20.7. The SMILES string of the molecule is c1ccc(-c2cccc(-c3nc(-c4cccc(-c5ccccc5)c4)nc(-c4cccc(-c5ccc6ccc7nc(-c8ccccc8)cc(-c8ccccc8)c7c6c5)c4)n3)c2)cc1. The van der Waals surface area contributed by atoms with E-state index in [0.717, 1.165) is 94.1 Å². The van der Waals surface area contributed by atoms with Gasteiger partial charge in [0.2, 0.25) is 0 Å². The van der Waals surface area contributed by atoms with Gasteiger partial charge in [-0.15, -0.1) is 0 Å². The maximum absolute atomic E-state index is 5.23. The van der Waals surface area contributed by atoms with Gasteiger partial charge in [0.15, 0.2) is 17.5 Å². The molecule has 4 nitrogen and oxygen atoms in total. The number of hydrogen-bond donors (Lipinski definition) is 0. The lowest BCUT2D eigenvalue weighted by Gasteiger charge is -2.14. The number of aromatic nitrogens is 4. The molecular weight excluding hydrogens is 753 g/mol. The number of pyridine rings is 1. The summed E-state index contributed by atoms with van der Waals surface area (Å²) < 4.78 is 0. The van der Waals surface area contributed by atoms with E-state index in [9.17, 15) is 0 Å². The van der Waals surface area contributed by atoms with Gasteiger partial charge in [0.05, 0.1) is 11.2 Å². The molecule has 290 valence electrons. The van der Waals surface area contributed by atoms with Crippen LogP contribution in [0, 0.1) is 0 Å². The molecular formula is C58H38N4. The van der Waals surface area contributed by atoms with Gasteiger partial charge in [-0.1, -0.05) is 194 Å². The maximum Gasteiger partial charge on any atom is 0.164 e. The second kappa shape index (κ2) is 16.0. The van der Waals surface area contributed by atoms with Gasteiger partial charge in [-0.05, 0) is 91.7 Å². The predicted molar refractivity (Wildman–Crippen MR) is 256 cm³/mol. The first-order valence-electron chi connectivity index (χ1n) is 20.9. The molecule has 0 amide bonds. The first-order valence-corrected chi connectivity index (χ1v) is 20.9. The Morgan fingerprint density at radius 1 is 0.242 bits per heavy atom. The van der Waals surface area contributed by atoms with Crippen LogP contribution in [-0.2, 0) is 0 Å². The van der Waals surface area contributed by atoms with Gasteiger partial charge >= 0.3 is 0 Å². The van der Waals surface area contributed by atoms with E-state index in [-0.39, 0.29) is 0 Å². The molecule has 4 heteroatoms. The zero-order valence-electron chi connectivity index (χ0n) is 33.7. The molecule has 62 heavy (non-hydrogen) atoms. The Balaban J connectivity index is 1.05. The Kier molecular flexibility index (Phi) is 9.49. The van der Waals surface area contributed by atoms with Crippen molar-refractivity contribution in [1.82, 2.24) is 19.9 Å². The zero-order valence-corrected chi connectivity index (χ0v) is 33.7. The second-order valence-electron chi connectivity index (χ2n) is 15.5. The van der Waals surface area contributed by atoms with Crippen molar-refractivity contribution in [3.8, 4) is 89.9 Å². The smallest absolute Gasteiger partial charge is 0.164 e. The summed E-state index contributed by atoms with van der Waals surface area (Å²) in [7, 11) is 0. The highest BCUT2D eigenvalue weighted by Gasteiger charge is 2.17. The first-order chi connectivity index (χ1) is 30.7. The molecule has 0 bridgehead atoms. The molecule has 9 aromatic carbocycles. The molecule has 0 aliphatic heterocycles. The zero-order chi connectivity index (χ0) is 41.2. The minimum absolute atomic E-state index is 0.609. The van der Waals surface area contributed by atoms with Crippen molar-refractivity contribution in [2.75, 3.05) is 0 Å². The highest BCUT2D eigenvalue weighted by atomic mass is 15.0. The lowest BCUT2D eigenvalue weighted by atomic mass is 9.92. The van der Waals surface area contributed by atoms with E-state index >= 15 is 0 Å². The van der Waals surface area contributed by atoms with Gasteiger partial charge in [0, 0.05) is 27.6 Å². The fraction of sp³-hybridized carbons (Fsp3) is 0. The molecule has 0 saturated carbocycles. The molecule has 0 aliphatic rings. The van der Waals surface area contributed by atoms with Crippen LogP contribution < -0.4 is 0 Å². The highest BCUT2D eigenvalue weighted by Crippen LogP contribution is 2.39. The van der Waals surface area contributed by atoms with E-state index in [1.165, 1.54) is 0 Å². The summed E-state index contributed by atoms with van der Waals surface area (Å²) >= 11 is 0. The molecule has 0 fully saturated rings. The largest absolute Gasteiger partial charge is 0.248 e. The van der Waals surface area contributed by atoms with E-state index in [4.69, 9.17) is 19.9 Å². The van der Waals surface area contributed by atoms with Crippen LogP contribution >= 0.6 is 0 Å². The molecule has 11 rings (SSSR count). The van der Waals surface area contributed by atoms with E-state index in [2.05, 4.69) is 212 Å². The minimum Gasteiger partial charge on any atom is -0.248 e. The molecule has 11 aromatic rings. The molecule has 0 atom stereocenters. The summed E-state index contributed by atoms with van der Waals surface area (Å²) in [6, 6.07) is 80.6. The van der Waals surface area contributed by atoms with Crippen LogP contribution in [0.4, 0.5) is 0 Å². The first kappa shape index (κ1) is 36.7. The van der Waals surface area contributed by atoms with Gasteiger partial charge in [-0.3, -0.25) is 0 Å². The van der Waals surface area contributed by atoms with Crippen molar-refractivity contribution in [2.24, 2.45) is 0 Å². The van der Waals surface area contributed by atoms with Gasteiger partial charge in [0.1, 0.15) is 0 Å². The van der Waals surface area contributed by atoms with Crippen molar-refractivity contribution < 1.29 is 0 Å². The van der Waals surface area contributed by atoms with Gasteiger partial charge < -0.3 is 0 Å². The van der Waals surface area contributed by atoms with Crippen molar-refractivity contribution in [1.29, 1.82) is 0 Å². The van der Waals surface area contributed by atoms with Crippen LogP contribution in [0.2, 0.25) is 0 Å². The third-order valence-electron chi connectivity index (χ3n) is 11.5. The lowest BCUT2D eigenvalue weighted by molar-refractivity contribution is 1.07.